The van der Waals surface area contributed by atoms with E-state index in [1.807, 2.05) is 48.0 Å². The van der Waals surface area contributed by atoms with Crippen LogP contribution in [0.5, 0.6) is 0 Å². The SMILES string of the molecule is Cc1ccc(C(=O)Nc2cc3n(n2)CCC32CC2)cc1C#Cc1cccnc1. The van der Waals surface area contributed by atoms with Crippen molar-refractivity contribution in [2.24, 2.45) is 0 Å². The lowest BCUT2D eigenvalue weighted by atomic mass is 10.0. The lowest BCUT2D eigenvalue weighted by Gasteiger charge is -2.05. The number of fused-ring (bicyclic) bond motifs is 2. The van der Waals surface area contributed by atoms with E-state index >= 15 is 0 Å². The number of anilines is 1. The molecular weight excluding hydrogens is 348 g/mol. The summed E-state index contributed by atoms with van der Waals surface area (Å²) < 4.78 is 2.04. The molecule has 1 amide bonds. The van der Waals surface area contributed by atoms with E-state index in [1.54, 1.807) is 12.4 Å². The molecule has 1 saturated carbocycles. The largest absolute Gasteiger partial charge is 0.305 e. The smallest absolute Gasteiger partial charge is 0.256 e. The van der Waals surface area contributed by atoms with E-state index in [4.69, 9.17) is 0 Å². The van der Waals surface area contributed by atoms with Crippen LogP contribution in [0.1, 0.15) is 52.0 Å². The monoisotopic (exact) mass is 368 g/mol. The number of hydrogen-bond donors (Lipinski definition) is 1. The zero-order chi connectivity index (χ0) is 19.1. The average Bonchev–Trinajstić information content (AvgIpc) is 3.28. The molecule has 0 radical (unpaired) electrons. The number of carbonyl (C=O) groups is 1. The normalized spacial score (nSPS) is 15.6. The van der Waals surface area contributed by atoms with Gasteiger partial charge in [-0.15, -0.1) is 0 Å². The Morgan fingerprint density at radius 1 is 1.18 bits per heavy atom. The average molecular weight is 368 g/mol. The molecule has 0 bridgehead atoms. The van der Waals surface area contributed by atoms with E-state index in [9.17, 15) is 4.79 Å². The second-order valence-corrected chi connectivity index (χ2v) is 7.64. The van der Waals surface area contributed by atoms with Crippen LogP contribution < -0.4 is 5.32 Å². The number of rotatable bonds is 2. The van der Waals surface area contributed by atoms with E-state index in [2.05, 4.69) is 27.2 Å². The Bertz CT molecular complexity index is 1130. The van der Waals surface area contributed by atoms with Crippen molar-refractivity contribution in [3.63, 3.8) is 0 Å². The molecule has 5 rings (SSSR count). The summed E-state index contributed by atoms with van der Waals surface area (Å²) in [4.78, 5) is 16.8. The van der Waals surface area contributed by atoms with Crippen molar-refractivity contribution in [1.82, 2.24) is 14.8 Å². The first kappa shape index (κ1) is 16.8. The van der Waals surface area contributed by atoms with Crippen LogP contribution in [-0.4, -0.2) is 20.7 Å². The molecule has 5 heteroatoms. The van der Waals surface area contributed by atoms with Crippen LogP contribution in [-0.2, 0) is 12.0 Å². The van der Waals surface area contributed by atoms with E-state index in [0.717, 1.165) is 23.2 Å². The highest BCUT2D eigenvalue weighted by atomic mass is 16.1. The molecule has 0 atom stereocenters. The van der Waals surface area contributed by atoms with Crippen LogP contribution in [0.4, 0.5) is 5.82 Å². The van der Waals surface area contributed by atoms with E-state index in [1.165, 1.54) is 25.0 Å². The zero-order valence-corrected chi connectivity index (χ0v) is 15.7. The van der Waals surface area contributed by atoms with Crippen LogP contribution in [0.2, 0.25) is 0 Å². The third-order valence-corrected chi connectivity index (χ3v) is 5.72. The molecule has 0 unspecified atom stereocenters. The Hall–Kier alpha value is -3.39. The van der Waals surface area contributed by atoms with Gasteiger partial charge in [-0.1, -0.05) is 17.9 Å². The summed E-state index contributed by atoms with van der Waals surface area (Å²) in [6.07, 6.45) is 7.11. The molecule has 1 aromatic carbocycles. The first-order valence-corrected chi connectivity index (χ1v) is 9.55. The first-order valence-electron chi connectivity index (χ1n) is 9.55. The first-order chi connectivity index (χ1) is 13.6. The fourth-order valence-electron chi connectivity index (χ4n) is 3.84. The van der Waals surface area contributed by atoms with Gasteiger partial charge < -0.3 is 5.32 Å². The van der Waals surface area contributed by atoms with Gasteiger partial charge in [0.05, 0.1) is 0 Å². The van der Waals surface area contributed by atoms with Crippen molar-refractivity contribution < 1.29 is 4.79 Å². The summed E-state index contributed by atoms with van der Waals surface area (Å²) in [5.74, 6) is 6.72. The summed E-state index contributed by atoms with van der Waals surface area (Å²) in [5, 5.41) is 7.50. The van der Waals surface area contributed by atoms with E-state index < -0.39 is 0 Å². The van der Waals surface area contributed by atoms with Crippen LogP contribution in [0.25, 0.3) is 0 Å². The van der Waals surface area contributed by atoms with Crippen LogP contribution >= 0.6 is 0 Å². The number of pyridine rings is 1. The number of hydrogen-bond acceptors (Lipinski definition) is 3. The second kappa shape index (κ2) is 6.35. The minimum Gasteiger partial charge on any atom is -0.305 e. The highest BCUT2D eigenvalue weighted by Crippen LogP contribution is 2.54. The predicted molar refractivity (Wildman–Crippen MR) is 107 cm³/mol. The Morgan fingerprint density at radius 2 is 2.07 bits per heavy atom. The number of amides is 1. The molecule has 1 spiro atoms. The highest BCUT2D eigenvalue weighted by molar-refractivity contribution is 6.04. The van der Waals surface area contributed by atoms with Crippen molar-refractivity contribution in [2.45, 2.75) is 38.1 Å². The molecule has 0 saturated heterocycles. The highest BCUT2D eigenvalue weighted by Gasteiger charge is 2.50. The molecule has 1 N–H and O–H groups in total. The fraction of sp³-hybridized carbons (Fsp3) is 0.261. The number of benzene rings is 1. The van der Waals surface area contributed by atoms with Gasteiger partial charge in [0.25, 0.3) is 5.91 Å². The van der Waals surface area contributed by atoms with E-state index in [0.29, 0.717) is 16.8 Å². The third-order valence-electron chi connectivity index (χ3n) is 5.72. The minimum absolute atomic E-state index is 0.161. The number of aromatic nitrogens is 3. The quantitative estimate of drug-likeness (QED) is 0.702. The van der Waals surface area contributed by atoms with Crippen LogP contribution in [0.15, 0.2) is 48.8 Å². The van der Waals surface area contributed by atoms with Gasteiger partial charge >= 0.3 is 0 Å². The van der Waals surface area contributed by atoms with Gasteiger partial charge in [0.2, 0.25) is 0 Å². The molecule has 2 aliphatic rings. The summed E-state index contributed by atoms with van der Waals surface area (Å²) in [6.45, 7) is 2.94. The molecule has 1 fully saturated rings. The summed E-state index contributed by atoms with van der Waals surface area (Å²) in [7, 11) is 0. The minimum atomic E-state index is -0.161. The van der Waals surface area contributed by atoms with Crippen molar-refractivity contribution in [3.8, 4) is 11.8 Å². The van der Waals surface area contributed by atoms with Gasteiger partial charge in [-0.3, -0.25) is 14.5 Å². The zero-order valence-electron chi connectivity index (χ0n) is 15.7. The van der Waals surface area contributed by atoms with Gasteiger partial charge in [0, 0.05) is 52.8 Å². The Labute approximate surface area is 163 Å². The van der Waals surface area contributed by atoms with Gasteiger partial charge in [-0.05, 0) is 56.0 Å². The Morgan fingerprint density at radius 3 is 2.86 bits per heavy atom. The fourth-order valence-corrected chi connectivity index (χ4v) is 3.84. The summed E-state index contributed by atoms with van der Waals surface area (Å²) >= 11 is 0. The number of nitrogens with zero attached hydrogens (tertiary/aromatic N) is 3. The van der Waals surface area contributed by atoms with Gasteiger partial charge in [-0.25, -0.2) is 0 Å². The number of nitrogens with one attached hydrogen (secondary N) is 1. The van der Waals surface area contributed by atoms with Crippen molar-refractivity contribution in [3.05, 3.63) is 76.7 Å². The van der Waals surface area contributed by atoms with Crippen LogP contribution in [0.3, 0.4) is 0 Å². The topological polar surface area (TPSA) is 59.8 Å². The number of carbonyl (C=O) groups excluding carboxylic acids is 1. The third kappa shape index (κ3) is 2.97. The maximum absolute atomic E-state index is 12.7. The Balaban J connectivity index is 1.36. The molecule has 3 aromatic rings. The molecule has 2 aromatic heterocycles. The Kier molecular flexibility index (Phi) is 3.80. The molecule has 1 aliphatic carbocycles. The van der Waals surface area contributed by atoms with Crippen molar-refractivity contribution in [2.75, 3.05) is 5.32 Å². The summed E-state index contributed by atoms with van der Waals surface area (Å²) in [6, 6.07) is 11.4. The van der Waals surface area contributed by atoms with Crippen LogP contribution in [0, 0.1) is 18.8 Å². The lowest BCUT2D eigenvalue weighted by molar-refractivity contribution is 0.102. The maximum Gasteiger partial charge on any atom is 0.256 e. The lowest BCUT2D eigenvalue weighted by Crippen LogP contribution is -2.13. The molecule has 5 nitrogen and oxygen atoms in total. The van der Waals surface area contributed by atoms with Gasteiger partial charge in [-0.2, -0.15) is 5.10 Å². The molecular formula is C23H20N4O. The molecule has 138 valence electrons. The molecule has 28 heavy (non-hydrogen) atoms. The van der Waals surface area contributed by atoms with Gasteiger partial charge in [0.1, 0.15) is 0 Å². The maximum atomic E-state index is 12.7. The van der Waals surface area contributed by atoms with Crippen molar-refractivity contribution in [1.29, 1.82) is 0 Å². The number of aryl methyl sites for hydroxylation is 2. The van der Waals surface area contributed by atoms with Crippen molar-refractivity contribution >= 4 is 11.7 Å². The molecule has 1 aliphatic heterocycles. The van der Waals surface area contributed by atoms with Gasteiger partial charge in [0.15, 0.2) is 5.82 Å². The predicted octanol–water partition coefficient (Wildman–Crippen LogP) is 3.67. The second-order valence-electron chi connectivity index (χ2n) is 7.64. The standard InChI is InChI=1S/C23H20N4O/c1-16-4-6-19(13-18(16)7-5-17-3-2-11-24-15-17)22(28)25-21-14-20-23(8-9-23)10-12-27(20)26-21/h2-4,6,11,13-15H,8-10,12H2,1H3,(H,25,26,28). The molecule has 3 heterocycles. The van der Waals surface area contributed by atoms with E-state index in [-0.39, 0.29) is 5.91 Å². The summed E-state index contributed by atoms with van der Waals surface area (Å²) in [5.41, 5.74) is 4.91.